The van der Waals surface area contributed by atoms with E-state index in [0.717, 1.165) is 37.5 Å². The Morgan fingerprint density at radius 3 is 2.83 bits per heavy atom. The highest BCUT2D eigenvalue weighted by Crippen LogP contribution is 2.16. The number of aryl methyl sites for hydroxylation is 2. The Hall–Kier alpha value is -1.68. The van der Waals surface area contributed by atoms with E-state index in [1.54, 1.807) is 0 Å². The number of fused-ring (bicyclic) bond motifs is 1. The Labute approximate surface area is 107 Å². The highest BCUT2D eigenvalue weighted by Gasteiger charge is 2.20. The monoisotopic (exact) mass is 242 g/mol. The minimum atomic E-state index is 0.241. The molecule has 0 amide bonds. The third kappa shape index (κ3) is 2.16. The second-order valence-electron chi connectivity index (χ2n) is 5.10. The number of benzene rings is 1. The maximum Gasteiger partial charge on any atom is 0.137 e. The highest BCUT2D eigenvalue weighted by molar-refractivity contribution is 5.24. The van der Waals surface area contributed by atoms with Crippen molar-refractivity contribution in [1.29, 1.82) is 0 Å². The van der Waals surface area contributed by atoms with Crippen LogP contribution in [-0.4, -0.2) is 20.8 Å². The fraction of sp³-hybridized carbons (Fsp3) is 0.429. The Balaban J connectivity index is 1.85. The Kier molecular flexibility index (Phi) is 2.88. The Morgan fingerprint density at radius 1 is 1.28 bits per heavy atom. The zero-order chi connectivity index (χ0) is 12.5. The summed E-state index contributed by atoms with van der Waals surface area (Å²) in [5, 5.41) is 8.57. The van der Waals surface area contributed by atoms with Crippen LogP contribution in [0.4, 0.5) is 0 Å². The lowest BCUT2D eigenvalue weighted by molar-refractivity contribution is 0.445. The molecule has 1 aliphatic heterocycles. The predicted molar refractivity (Wildman–Crippen MR) is 70.3 cm³/mol. The number of nitrogens with two attached hydrogens (primary N) is 1. The second kappa shape index (κ2) is 4.53. The quantitative estimate of drug-likeness (QED) is 0.867. The summed E-state index contributed by atoms with van der Waals surface area (Å²) in [5.41, 5.74) is 8.57. The van der Waals surface area contributed by atoms with Crippen LogP contribution in [0.3, 0.4) is 0 Å². The van der Waals surface area contributed by atoms with Gasteiger partial charge >= 0.3 is 0 Å². The second-order valence-corrected chi connectivity index (χ2v) is 5.10. The van der Waals surface area contributed by atoms with Gasteiger partial charge in [0.25, 0.3) is 0 Å². The Bertz CT molecular complexity index is 541. The van der Waals surface area contributed by atoms with Gasteiger partial charge in [-0.1, -0.05) is 29.8 Å². The molecule has 1 aliphatic rings. The number of nitrogens with zero attached hydrogens (tertiary/aromatic N) is 3. The van der Waals surface area contributed by atoms with Crippen molar-refractivity contribution in [2.24, 2.45) is 5.73 Å². The SMILES string of the molecule is Cc1ccc(Cc2nnc3n2CC(N)CC3)cc1. The van der Waals surface area contributed by atoms with Crippen molar-refractivity contribution in [1.82, 2.24) is 14.8 Å². The minimum Gasteiger partial charge on any atom is -0.326 e. The van der Waals surface area contributed by atoms with E-state index in [0.29, 0.717) is 0 Å². The number of hydrogen-bond donors (Lipinski definition) is 1. The van der Waals surface area contributed by atoms with Crippen LogP contribution >= 0.6 is 0 Å². The summed E-state index contributed by atoms with van der Waals surface area (Å²) >= 11 is 0. The first-order valence-electron chi connectivity index (χ1n) is 6.44. The highest BCUT2D eigenvalue weighted by atomic mass is 15.3. The van der Waals surface area contributed by atoms with E-state index >= 15 is 0 Å². The molecule has 2 N–H and O–H groups in total. The van der Waals surface area contributed by atoms with Gasteiger partial charge in [-0.05, 0) is 18.9 Å². The number of aromatic nitrogens is 3. The molecule has 1 atom stereocenters. The first-order valence-corrected chi connectivity index (χ1v) is 6.44. The van der Waals surface area contributed by atoms with Crippen LogP contribution in [0.5, 0.6) is 0 Å². The maximum atomic E-state index is 6.01. The molecule has 0 saturated heterocycles. The summed E-state index contributed by atoms with van der Waals surface area (Å²) in [6, 6.07) is 8.81. The largest absolute Gasteiger partial charge is 0.326 e. The lowest BCUT2D eigenvalue weighted by Crippen LogP contribution is -2.32. The number of hydrogen-bond acceptors (Lipinski definition) is 3. The van der Waals surface area contributed by atoms with Crippen LogP contribution < -0.4 is 5.73 Å². The van der Waals surface area contributed by atoms with E-state index in [-0.39, 0.29) is 6.04 Å². The molecule has 4 heteroatoms. The van der Waals surface area contributed by atoms with Gasteiger partial charge in [-0.25, -0.2) is 0 Å². The molecule has 0 spiro atoms. The van der Waals surface area contributed by atoms with E-state index in [2.05, 4.69) is 46.0 Å². The van der Waals surface area contributed by atoms with Gasteiger partial charge in [0.05, 0.1) is 0 Å². The van der Waals surface area contributed by atoms with E-state index in [1.165, 1.54) is 11.1 Å². The molecule has 0 radical (unpaired) electrons. The van der Waals surface area contributed by atoms with E-state index in [9.17, 15) is 0 Å². The fourth-order valence-corrected chi connectivity index (χ4v) is 2.43. The topological polar surface area (TPSA) is 56.7 Å². The summed E-state index contributed by atoms with van der Waals surface area (Å²) in [7, 11) is 0. The first-order chi connectivity index (χ1) is 8.72. The summed E-state index contributed by atoms with van der Waals surface area (Å²) in [6.45, 7) is 2.95. The van der Waals surface area contributed by atoms with Crippen LogP contribution in [0.15, 0.2) is 24.3 Å². The molecule has 3 rings (SSSR count). The van der Waals surface area contributed by atoms with Gasteiger partial charge in [0, 0.05) is 25.4 Å². The van der Waals surface area contributed by atoms with Crippen LogP contribution in [0.1, 0.15) is 29.2 Å². The van der Waals surface area contributed by atoms with E-state index in [4.69, 9.17) is 5.73 Å². The van der Waals surface area contributed by atoms with Gasteiger partial charge in [-0.3, -0.25) is 0 Å². The van der Waals surface area contributed by atoms with Crippen LogP contribution in [-0.2, 0) is 19.4 Å². The molecule has 0 saturated carbocycles. The zero-order valence-corrected chi connectivity index (χ0v) is 10.6. The molecule has 1 aromatic heterocycles. The molecular formula is C14H18N4. The smallest absolute Gasteiger partial charge is 0.137 e. The van der Waals surface area contributed by atoms with Gasteiger partial charge in [-0.2, -0.15) is 0 Å². The van der Waals surface area contributed by atoms with Crippen molar-refractivity contribution in [3.05, 3.63) is 47.0 Å². The molecule has 1 aromatic carbocycles. The molecule has 4 nitrogen and oxygen atoms in total. The summed E-state index contributed by atoms with van der Waals surface area (Å²) in [4.78, 5) is 0. The van der Waals surface area contributed by atoms with Crippen molar-refractivity contribution in [3.63, 3.8) is 0 Å². The molecule has 0 fully saturated rings. The molecule has 18 heavy (non-hydrogen) atoms. The predicted octanol–water partition coefficient (Wildman–Crippen LogP) is 1.45. The van der Waals surface area contributed by atoms with Crippen LogP contribution in [0.25, 0.3) is 0 Å². The molecule has 0 aliphatic carbocycles. The summed E-state index contributed by atoms with van der Waals surface area (Å²) < 4.78 is 2.19. The van der Waals surface area contributed by atoms with Crippen LogP contribution in [0, 0.1) is 6.92 Å². The van der Waals surface area contributed by atoms with Crippen molar-refractivity contribution in [2.45, 2.75) is 38.8 Å². The van der Waals surface area contributed by atoms with Gasteiger partial charge in [0.15, 0.2) is 0 Å². The average molecular weight is 242 g/mol. The third-order valence-electron chi connectivity index (χ3n) is 3.54. The van der Waals surface area contributed by atoms with Crippen molar-refractivity contribution in [3.8, 4) is 0 Å². The molecule has 1 unspecified atom stereocenters. The van der Waals surface area contributed by atoms with Crippen molar-refractivity contribution < 1.29 is 0 Å². The average Bonchev–Trinajstić information content (AvgIpc) is 2.75. The minimum absolute atomic E-state index is 0.241. The van der Waals surface area contributed by atoms with Gasteiger partial charge in [0.2, 0.25) is 0 Å². The number of rotatable bonds is 2. The lowest BCUT2D eigenvalue weighted by Gasteiger charge is -2.20. The lowest BCUT2D eigenvalue weighted by atomic mass is 10.1. The third-order valence-corrected chi connectivity index (χ3v) is 3.54. The van der Waals surface area contributed by atoms with Gasteiger partial charge in [-0.15, -0.1) is 10.2 Å². The van der Waals surface area contributed by atoms with Gasteiger partial charge in [0.1, 0.15) is 11.6 Å². The zero-order valence-electron chi connectivity index (χ0n) is 10.6. The normalized spacial score (nSPS) is 18.7. The van der Waals surface area contributed by atoms with Crippen molar-refractivity contribution >= 4 is 0 Å². The molecule has 2 heterocycles. The standard InChI is InChI=1S/C14H18N4/c1-10-2-4-11(5-3-10)8-14-17-16-13-7-6-12(15)9-18(13)14/h2-5,12H,6-9,15H2,1H3. The van der Waals surface area contributed by atoms with E-state index in [1.807, 2.05) is 0 Å². The molecule has 2 aromatic rings. The molecular weight excluding hydrogens is 224 g/mol. The first kappa shape index (κ1) is 11.4. The maximum absolute atomic E-state index is 6.01. The van der Waals surface area contributed by atoms with Gasteiger partial charge < -0.3 is 10.3 Å². The fourth-order valence-electron chi connectivity index (χ4n) is 2.43. The summed E-state index contributed by atoms with van der Waals surface area (Å²) in [5.74, 6) is 2.11. The molecule has 94 valence electrons. The summed E-state index contributed by atoms with van der Waals surface area (Å²) in [6.07, 6.45) is 2.80. The van der Waals surface area contributed by atoms with Crippen molar-refractivity contribution in [2.75, 3.05) is 0 Å². The Morgan fingerprint density at radius 2 is 2.06 bits per heavy atom. The molecule has 0 bridgehead atoms. The van der Waals surface area contributed by atoms with E-state index < -0.39 is 0 Å². The van der Waals surface area contributed by atoms with Crippen LogP contribution in [0.2, 0.25) is 0 Å².